The first-order valence-electron chi connectivity index (χ1n) is 10.4. The van der Waals surface area contributed by atoms with Crippen LogP contribution in [0.1, 0.15) is 63.6 Å². The molecule has 0 spiro atoms. The van der Waals surface area contributed by atoms with Crippen molar-refractivity contribution in [1.29, 1.82) is 0 Å². The number of hydrogen-bond acceptors (Lipinski definition) is 4. The summed E-state index contributed by atoms with van der Waals surface area (Å²) in [5, 5.41) is 0.673. The topological polar surface area (TPSA) is 70.8 Å². The minimum Gasteiger partial charge on any atom is -0.451 e. The van der Waals surface area contributed by atoms with E-state index in [4.69, 9.17) is 4.42 Å². The second-order valence-electron chi connectivity index (χ2n) is 8.72. The minimum absolute atomic E-state index is 0.0344. The van der Waals surface area contributed by atoms with Crippen LogP contribution in [-0.4, -0.2) is 48.7 Å². The highest BCUT2D eigenvalue weighted by atomic mass is 32.2. The highest BCUT2D eigenvalue weighted by Gasteiger charge is 2.31. The van der Waals surface area contributed by atoms with Crippen LogP contribution in [-0.2, 0) is 10.0 Å². The summed E-state index contributed by atoms with van der Waals surface area (Å²) in [6, 6.07) is 4.96. The summed E-state index contributed by atoms with van der Waals surface area (Å²) in [6.07, 6.45) is 1.94. The average molecular weight is 421 g/mol. The van der Waals surface area contributed by atoms with E-state index in [2.05, 4.69) is 6.92 Å². The first-order valence-corrected chi connectivity index (χ1v) is 11.8. The number of furan rings is 1. The summed E-state index contributed by atoms with van der Waals surface area (Å²) in [4.78, 5) is 15.1. The number of nitrogens with zero attached hydrogens (tertiary/aromatic N) is 2. The lowest BCUT2D eigenvalue weighted by molar-refractivity contribution is 0.0612. The van der Waals surface area contributed by atoms with Gasteiger partial charge in [-0.1, -0.05) is 6.92 Å². The maximum atomic E-state index is 13.1. The smallest absolute Gasteiger partial charge is 0.290 e. The predicted octanol–water partition coefficient (Wildman–Crippen LogP) is 4.42. The lowest BCUT2D eigenvalue weighted by atomic mass is 10.0. The molecule has 1 saturated heterocycles. The molecule has 29 heavy (non-hydrogen) atoms. The fraction of sp³-hybridized carbons (Fsp3) is 0.591. The molecule has 0 radical (unpaired) electrons. The first kappa shape index (κ1) is 21.8. The van der Waals surface area contributed by atoms with E-state index in [1.54, 1.807) is 27.4 Å². The molecule has 0 N–H and O–H groups in total. The molecule has 1 aliphatic rings. The SMILES string of the molecule is Cc1c(C(=O)N(C(C)C)C(C)C)oc2ccc(S(=O)(=O)N3CCCC(C)C3)cc12. The van der Waals surface area contributed by atoms with Crippen LogP contribution in [0.5, 0.6) is 0 Å². The summed E-state index contributed by atoms with van der Waals surface area (Å²) in [7, 11) is -3.56. The Morgan fingerprint density at radius 1 is 1.21 bits per heavy atom. The Balaban J connectivity index is 2.01. The Labute approximate surface area is 173 Å². The molecule has 0 saturated carbocycles. The number of carbonyl (C=O) groups excluding carboxylic acids is 1. The molecule has 1 aromatic heterocycles. The number of benzene rings is 1. The van der Waals surface area contributed by atoms with E-state index in [1.165, 1.54) is 0 Å². The van der Waals surface area contributed by atoms with Crippen molar-refractivity contribution in [2.24, 2.45) is 5.92 Å². The fourth-order valence-corrected chi connectivity index (χ4v) is 5.89. The summed E-state index contributed by atoms with van der Waals surface area (Å²) >= 11 is 0. The Kier molecular flexibility index (Phi) is 6.11. The number of sulfonamides is 1. The van der Waals surface area contributed by atoms with Crippen LogP contribution in [0, 0.1) is 12.8 Å². The standard InChI is InChI=1S/C22H32N2O4S/c1-14(2)24(15(3)4)22(25)21-17(6)19-12-18(9-10-20(19)28-21)29(26,27)23-11-7-8-16(5)13-23/h9-10,12,14-16H,7-8,11,13H2,1-6H3. The molecule has 160 valence electrons. The van der Waals surface area contributed by atoms with Gasteiger partial charge in [0.1, 0.15) is 5.58 Å². The molecular weight excluding hydrogens is 388 g/mol. The second-order valence-corrected chi connectivity index (χ2v) is 10.7. The molecule has 1 aromatic carbocycles. The van der Waals surface area contributed by atoms with Crippen LogP contribution in [0.2, 0.25) is 0 Å². The van der Waals surface area contributed by atoms with Gasteiger partial charge >= 0.3 is 0 Å². The largest absolute Gasteiger partial charge is 0.451 e. The number of amides is 1. The van der Waals surface area contributed by atoms with Crippen molar-refractivity contribution < 1.29 is 17.6 Å². The number of hydrogen-bond donors (Lipinski definition) is 0. The van der Waals surface area contributed by atoms with E-state index in [0.717, 1.165) is 12.8 Å². The average Bonchev–Trinajstić information content (AvgIpc) is 2.97. The summed E-state index contributed by atoms with van der Waals surface area (Å²) in [6.45, 7) is 12.9. The number of carbonyl (C=O) groups is 1. The van der Waals surface area contributed by atoms with Gasteiger partial charge in [-0.2, -0.15) is 4.31 Å². The third kappa shape index (κ3) is 4.08. The van der Waals surface area contributed by atoms with Crippen LogP contribution in [0.25, 0.3) is 11.0 Å². The van der Waals surface area contributed by atoms with Crippen LogP contribution in [0.4, 0.5) is 0 Å². The van der Waals surface area contributed by atoms with Crippen molar-refractivity contribution in [2.75, 3.05) is 13.1 Å². The van der Waals surface area contributed by atoms with E-state index in [1.807, 2.05) is 34.6 Å². The zero-order valence-electron chi connectivity index (χ0n) is 18.2. The summed E-state index contributed by atoms with van der Waals surface area (Å²) < 4.78 is 33.7. The summed E-state index contributed by atoms with van der Waals surface area (Å²) in [5.74, 6) is 0.474. The molecule has 0 aliphatic carbocycles. The van der Waals surface area contributed by atoms with E-state index in [-0.39, 0.29) is 28.6 Å². The number of piperidine rings is 1. The maximum Gasteiger partial charge on any atom is 0.290 e. The Hall–Kier alpha value is -1.86. The van der Waals surface area contributed by atoms with Crippen molar-refractivity contribution in [3.8, 4) is 0 Å². The van der Waals surface area contributed by atoms with Crippen molar-refractivity contribution >= 4 is 26.9 Å². The molecule has 1 fully saturated rings. The molecule has 1 amide bonds. The van der Waals surface area contributed by atoms with Crippen molar-refractivity contribution in [1.82, 2.24) is 9.21 Å². The normalized spacial score (nSPS) is 18.7. The molecule has 2 aromatic rings. The molecule has 7 heteroatoms. The van der Waals surface area contributed by atoms with Crippen molar-refractivity contribution in [3.63, 3.8) is 0 Å². The Morgan fingerprint density at radius 2 is 1.86 bits per heavy atom. The lowest BCUT2D eigenvalue weighted by Crippen LogP contribution is -2.42. The van der Waals surface area contributed by atoms with E-state index in [0.29, 0.717) is 35.5 Å². The highest BCUT2D eigenvalue weighted by Crippen LogP contribution is 2.31. The van der Waals surface area contributed by atoms with Gasteiger partial charge in [-0.3, -0.25) is 4.79 Å². The van der Waals surface area contributed by atoms with Gasteiger partial charge in [-0.25, -0.2) is 8.42 Å². The summed E-state index contributed by atoms with van der Waals surface area (Å²) in [5.41, 5.74) is 1.21. The van der Waals surface area contributed by atoms with Gasteiger partial charge in [0.05, 0.1) is 4.90 Å². The van der Waals surface area contributed by atoms with Gasteiger partial charge in [0.2, 0.25) is 10.0 Å². The van der Waals surface area contributed by atoms with Gasteiger partial charge in [-0.05, 0) is 71.6 Å². The molecule has 1 atom stereocenters. The highest BCUT2D eigenvalue weighted by molar-refractivity contribution is 7.89. The molecule has 2 heterocycles. The monoisotopic (exact) mass is 420 g/mol. The number of rotatable bonds is 5. The molecule has 3 rings (SSSR count). The van der Waals surface area contributed by atoms with Gasteiger partial charge in [0, 0.05) is 36.1 Å². The molecule has 1 aliphatic heterocycles. The zero-order chi connectivity index (χ0) is 21.5. The maximum absolute atomic E-state index is 13.1. The lowest BCUT2D eigenvalue weighted by Gasteiger charge is -2.30. The number of fused-ring (bicyclic) bond motifs is 1. The van der Waals surface area contributed by atoms with Crippen molar-refractivity contribution in [3.05, 3.63) is 29.5 Å². The molecule has 0 bridgehead atoms. The fourth-order valence-electron chi connectivity index (χ4n) is 4.26. The van der Waals surface area contributed by atoms with Gasteiger partial charge in [0.25, 0.3) is 5.91 Å². The molecule has 1 unspecified atom stereocenters. The third-order valence-electron chi connectivity index (χ3n) is 5.71. The molecular formula is C22H32N2O4S. The van der Waals surface area contributed by atoms with Crippen LogP contribution in [0.3, 0.4) is 0 Å². The van der Waals surface area contributed by atoms with Gasteiger partial charge in [0.15, 0.2) is 5.76 Å². The predicted molar refractivity (Wildman–Crippen MR) is 115 cm³/mol. The van der Waals surface area contributed by atoms with Crippen LogP contribution >= 0.6 is 0 Å². The zero-order valence-corrected chi connectivity index (χ0v) is 19.0. The van der Waals surface area contributed by atoms with Crippen molar-refractivity contribution in [2.45, 2.75) is 71.4 Å². The number of aryl methyl sites for hydroxylation is 1. The van der Waals surface area contributed by atoms with E-state index >= 15 is 0 Å². The third-order valence-corrected chi connectivity index (χ3v) is 7.57. The molecule has 6 nitrogen and oxygen atoms in total. The Bertz CT molecular complexity index is 999. The van der Waals surface area contributed by atoms with Gasteiger partial charge < -0.3 is 9.32 Å². The van der Waals surface area contributed by atoms with E-state index in [9.17, 15) is 13.2 Å². The Morgan fingerprint density at radius 3 is 2.45 bits per heavy atom. The van der Waals surface area contributed by atoms with E-state index < -0.39 is 10.0 Å². The quantitative estimate of drug-likeness (QED) is 0.718. The minimum atomic E-state index is -3.56. The van der Waals surface area contributed by atoms with Crippen LogP contribution in [0.15, 0.2) is 27.5 Å². The van der Waals surface area contributed by atoms with Crippen LogP contribution < -0.4 is 0 Å². The van der Waals surface area contributed by atoms with Gasteiger partial charge in [-0.15, -0.1) is 0 Å². The second kappa shape index (κ2) is 8.11. The first-order chi connectivity index (χ1) is 13.5.